The zero-order valence-electron chi connectivity index (χ0n) is 9.81. The third-order valence-electron chi connectivity index (χ3n) is 2.85. The number of alkyl carbamates (subject to hydrolysis) is 1. The van der Waals surface area contributed by atoms with E-state index in [4.69, 9.17) is 4.74 Å². The summed E-state index contributed by atoms with van der Waals surface area (Å²) in [5.41, 5.74) is -0.0987. The monoisotopic (exact) mass is 199 g/mol. The Bertz CT molecular complexity index is 232. The molecule has 2 atom stereocenters. The van der Waals surface area contributed by atoms with Crippen molar-refractivity contribution < 1.29 is 9.53 Å². The molecule has 1 fully saturated rings. The average molecular weight is 199 g/mol. The summed E-state index contributed by atoms with van der Waals surface area (Å²) in [6.07, 6.45) is 1.88. The number of carbonyl (C=O) groups is 1. The van der Waals surface area contributed by atoms with Gasteiger partial charge in [-0.2, -0.15) is 0 Å². The van der Waals surface area contributed by atoms with Crippen LogP contribution in [-0.4, -0.2) is 17.7 Å². The van der Waals surface area contributed by atoms with Gasteiger partial charge in [0.05, 0.1) is 0 Å². The number of hydrogen-bond donors (Lipinski definition) is 1. The van der Waals surface area contributed by atoms with Gasteiger partial charge in [-0.3, -0.25) is 0 Å². The lowest BCUT2D eigenvalue weighted by atomic mass is 10.1. The second kappa shape index (κ2) is 3.44. The van der Waals surface area contributed by atoms with Crippen LogP contribution in [0.3, 0.4) is 0 Å². The van der Waals surface area contributed by atoms with Crippen LogP contribution in [0.2, 0.25) is 0 Å². The van der Waals surface area contributed by atoms with Crippen molar-refractivity contribution in [3.63, 3.8) is 0 Å². The van der Waals surface area contributed by atoms with E-state index in [1.165, 1.54) is 0 Å². The van der Waals surface area contributed by atoms with Crippen molar-refractivity contribution in [1.82, 2.24) is 5.32 Å². The van der Waals surface area contributed by atoms with E-state index in [9.17, 15) is 4.79 Å². The van der Waals surface area contributed by atoms with Crippen LogP contribution in [-0.2, 0) is 4.74 Å². The first-order valence-corrected chi connectivity index (χ1v) is 5.26. The molecule has 0 saturated heterocycles. The van der Waals surface area contributed by atoms with Crippen LogP contribution in [0.15, 0.2) is 0 Å². The highest BCUT2D eigenvalue weighted by Crippen LogP contribution is 2.48. The molecule has 0 radical (unpaired) electrons. The third-order valence-corrected chi connectivity index (χ3v) is 2.85. The summed E-state index contributed by atoms with van der Waals surface area (Å²) in [5, 5.41) is 2.89. The standard InChI is InChI=1S/C11H21NO2/c1-6-11(5)7-8(11)12-9(13)14-10(2,3)4/h8H,6-7H2,1-5H3,(H,12,13). The van der Waals surface area contributed by atoms with Crippen molar-refractivity contribution in [3.8, 4) is 0 Å². The van der Waals surface area contributed by atoms with Gasteiger partial charge in [-0.15, -0.1) is 0 Å². The smallest absolute Gasteiger partial charge is 0.407 e. The van der Waals surface area contributed by atoms with E-state index in [1.54, 1.807) is 0 Å². The molecule has 3 nitrogen and oxygen atoms in total. The minimum Gasteiger partial charge on any atom is -0.444 e. The van der Waals surface area contributed by atoms with Gasteiger partial charge in [-0.1, -0.05) is 13.8 Å². The Kier molecular flexibility index (Phi) is 2.79. The fourth-order valence-corrected chi connectivity index (χ4v) is 1.47. The maximum absolute atomic E-state index is 11.4. The van der Waals surface area contributed by atoms with Crippen molar-refractivity contribution in [2.24, 2.45) is 5.41 Å². The van der Waals surface area contributed by atoms with Crippen molar-refractivity contribution >= 4 is 6.09 Å². The first kappa shape index (κ1) is 11.3. The lowest BCUT2D eigenvalue weighted by molar-refractivity contribution is 0.0516. The normalized spacial score (nSPS) is 31.1. The molecule has 0 bridgehead atoms. The predicted molar refractivity (Wildman–Crippen MR) is 56.2 cm³/mol. The molecule has 0 aromatic carbocycles. The Labute approximate surface area is 86.2 Å². The highest BCUT2D eigenvalue weighted by atomic mass is 16.6. The quantitative estimate of drug-likeness (QED) is 0.742. The Hall–Kier alpha value is -0.730. The molecule has 1 saturated carbocycles. The van der Waals surface area contributed by atoms with Crippen molar-refractivity contribution in [2.45, 2.75) is 59.1 Å². The molecule has 1 N–H and O–H groups in total. The maximum Gasteiger partial charge on any atom is 0.407 e. The van der Waals surface area contributed by atoms with E-state index in [1.807, 2.05) is 20.8 Å². The summed E-state index contributed by atoms with van der Waals surface area (Å²) in [6, 6.07) is 0.308. The van der Waals surface area contributed by atoms with Gasteiger partial charge in [0.25, 0.3) is 0 Å². The van der Waals surface area contributed by atoms with Gasteiger partial charge in [0.1, 0.15) is 5.60 Å². The fourth-order valence-electron chi connectivity index (χ4n) is 1.47. The van der Waals surface area contributed by atoms with Crippen LogP contribution in [0.1, 0.15) is 47.5 Å². The molecule has 1 aliphatic rings. The lowest BCUT2D eigenvalue weighted by Gasteiger charge is -2.20. The molecule has 1 amide bonds. The highest BCUT2D eigenvalue weighted by molar-refractivity contribution is 5.68. The van der Waals surface area contributed by atoms with Gasteiger partial charge >= 0.3 is 6.09 Å². The number of nitrogens with one attached hydrogen (secondary N) is 1. The minimum atomic E-state index is -0.401. The largest absolute Gasteiger partial charge is 0.444 e. The molecule has 0 aromatic rings. The summed E-state index contributed by atoms with van der Waals surface area (Å²) >= 11 is 0. The SMILES string of the molecule is CCC1(C)CC1NC(=O)OC(C)(C)C. The molecule has 0 spiro atoms. The Morgan fingerprint density at radius 3 is 2.50 bits per heavy atom. The van der Waals surface area contributed by atoms with Gasteiger partial charge in [0.2, 0.25) is 0 Å². The number of rotatable bonds is 2. The van der Waals surface area contributed by atoms with Crippen LogP contribution in [0.5, 0.6) is 0 Å². The van der Waals surface area contributed by atoms with E-state index >= 15 is 0 Å². The van der Waals surface area contributed by atoms with Gasteiger partial charge in [0, 0.05) is 6.04 Å². The van der Waals surface area contributed by atoms with Gasteiger partial charge < -0.3 is 10.1 Å². The molecule has 2 unspecified atom stereocenters. The summed E-state index contributed by atoms with van der Waals surface area (Å²) < 4.78 is 5.18. The predicted octanol–water partition coefficient (Wildman–Crippen LogP) is 2.70. The number of amides is 1. The summed E-state index contributed by atoms with van der Waals surface area (Å²) in [6.45, 7) is 9.96. The van der Waals surface area contributed by atoms with E-state index in [2.05, 4.69) is 19.2 Å². The molecule has 82 valence electrons. The Morgan fingerprint density at radius 1 is 1.57 bits per heavy atom. The molecular weight excluding hydrogens is 178 g/mol. The van der Waals surface area contributed by atoms with Crippen LogP contribution >= 0.6 is 0 Å². The Morgan fingerprint density at radius 2 is 2.14 bits per heavy atom. The molecule has 0 aliphatic heterocycles. The first-order valence-electron chi connectivity index (χ1n) is 5.26. The van der Waals surface area contributed by atoms with Crippen LogP contribution in [0.4, 0.5) is 4.79 Å². The maximum atomic E-state index is 11.4. The zero-order valence-corrected chi connectivity index (χ0v) is 9.81. The second-order valence-corrected chi connectivity index (χ2v) is 5.41. The number of carbonyl (C=O) groups excluding carboxylic acids is 1. The van der Waals surface area contributed by atoms with Crippen molar-refractivity contribution in [1.29, 1.82) is 0 Å². The van der Waals surface area contributed by atoms with Gasteiger partial charge in [-0.05, 0) is 39.0 Å². The third kappa shape index (κ3) is 2.89. The second-order valence-electron chi connectivity index (χ2n) is 5.41. The van der Waals surface area contributed by atoms with Crippen LogP contribution in [0, 0.1) is 5.41 Å². The Balaban J connectivity index is 2.31. The van der Waals surface area contributed by atoms with E-state index in [-0.39, 0.29) is 6.09 Å². The lowest BCUT2D eigenvalue weighted by Crippen LogP contribution is -2.35. The van der Waals surface area contributed by atoms with E-state index < -0.39 is 5.60 Å². The summed E-state index contributed by atoms with van der Waals surface area (Å²) in [7, 11) is 0. The topological polar surface area (TPSA) is 38.3 Å². The van der Waals surface area contributed by atoms with Crippen LogP contribution in [0.25, 0.3) is 0 Å². The average Bonchev–Trinajstić information content (AvgIpc) is 2.58. The van der Waals surface area contributed by atoms with Gasteiger partial charge in [0.15, 0.2) is 0 Å². The number of hydrogen-bond acceptors (Lipinski definition) is 2. The molecule has 3 heteroatoms. The van der Waals surface area contributed by atoms with E-state index in [0.29, 0.717) is 11.5 Å². The summed E-state index contributed by atoms with van der Waals surface area (Å²) in [4.78, 5) is 11.4. The number of ether oxygens (including phenoxy) is 1. The van der Waals surface area contributed by atoms with Gasteiger partial charge in [-0.25, -0.2) is 4.79 Å². The molecule has 1 aliphatic carbocycles. The fraction of sp³-hybridized carbons (Fsp3) is 0.909. The molecule has 14 heavy (non-hydrogen) atoms. The molecular formula is C11H21NO2. The molecule has 0 aromatic heterocycles. The highest BCUT2D eigenvalue weighted by Gasteiger charge is 2.49. The molecule has 1 rings (SSSR count). The van der Waals surface area contributed by atoms with Crippen LogP contribution < -0.4 is 5.32 Å². The first-order chi connectivity index (χ1) is 6.27. The summed E-state index contributed by atoms with van der Waals surface area (Å²) in [5.74, 6) is 0. The van der Waals surface area contributed by atoms with Crippen molar-refractivity contribution in [2.75, 3.05) is 0 Å². The zero-order chi connectivity index (χ0) is 11.0. The molecule has 0 heterocycles. The minimum absolute atomic E-state index is 0.292. The van der Waals surface area contributed by atoms with Crippen molar-refractivity contribution in [3.05, 3.63) is 0 Å². The van der Waals surface area contributed by atoms with E-state index in [0.717, 1.165) is 12.8 Å².